The molecule has 0 spiro atoms. The normalized spacial score (nSPS) is 11.9. The van der Waals surface area contributed by atoms with Crippen molar-refractivity contribution >= 4 is 11.7 Å². The van der Waals surface area contributed by atoms with Crippen molar-refractivity contribution in [2.24, 2.45) is 0 Å². The quantitative estimate of drug-likeness (QED) is 0.759. The summed E-state index contributed by atoms with van der Waals surface area (Å²) in [5.41, 5.74) is 0.305. The summed E-state index contributed by atoms with van der Waals surface area (Å²) >= 11 is 0. The number of ether oxygens (including phenoxy) is 1. The van der Waals surface area contributed by atoms with Gasteiger partial charge in [-0.25, -0.2) is 4.98 Å². The Morgan fingerprint density at radius 3 is 2.89 bits per heavy atom. The summed E-state index contributed by atoms with van der Waals surface area (Å²) < 4.78 is 5.08. The summed E-state index contributed by atoms with van der Waals surface area (Å²) in [4.78, 5) is 20.1. The fourth-order valence-corrected chi connectivity index (χ4v) is 1.60. The van der Waals surface area contributed by atoms with E-state index in [2.05, 4.69) is 27.5 Å². The van der Waals surface area contributed by atoms with Gasteiger partial charge in [0.05, 0.1) is 25.0 Å². The third-order valence-corrected chi connectivity index (χ3v) is 2.46. The molecule has 2 N–H and O–H groups in total. The second-order valence-corrected chi connectivity index (χ2v) is 3.95. The van der Waals surface area contributed by atoms with Crippen molar-refractivity contribution in [3.8, 4) is 0 Å². The number of anilines is 1. The lowest BCUT2D eigenvalue weighted by atomic mass is 10.2. The Morgan fingerprint density at radius 2 is 2.28 bits per heavy atom. The Balaban J connectivity index is 2.67. The van der Waals surface area contributed by atoms with E-state index in [1.165, 1.54) is 6.20 Å². The Labute approximate surface area is 107 Å². The summed E-state index contributed by atoms with van der Waals surface area (Å²) in [5.74, 6) is 0.344. The predicted octanol–water partition coefficient (Wildman–Crippen LogP) is 1.06. The highest BCUT2D eigenvalue weighted by atomic mass is 16.5. The molecule has 1 unspecified atom stereocenters. The molecule has 0 bridgehead atoms. The lowest BCUT2D eigenvalue weighted by Crippen LogP contribution is -2.38. The van der Waals surface area contributed by atoms with Crippen LogP contribution in [0.2, 0.25) is 0 Å². The maximum absolute atomic E-state index is 12.0. The van der Waals surface area contributed by atoms with Gasteiger partial charge in [0.1, 0.15) is 11.5 Å². The van der Waals surface area contributed by atoms with Gasteiger partial charge in [0, 0.05) is 14.2 Å². The molecule has 1 heterocycles. The molecular formula is C12H20N4O2. The average molecular weight is 252 g/mol. The maximum atomic E-state index is 12.0. The highest BCUT2D eigenvalue weighted by Crippen LogP contribution is 2.03. The summed E-state index contributed by atoms with van der Waals surface area (Å²) in [6.07, 6.45) is 4.87. The molecule has 1 atom stereocenters. The highest BCUT2D eigenvalue weighted by molar-refractivity contribution is 5.92. The number of amides is 1. The topological polar surface area (TPSA) is 76.1 Å². The lowest BCUT2D eigenvalue weighted by molar-refractivity contribution is 0.0886. The highest BCUT2D eigenvalue weighted by Gasteiger charge is 2.14. The zero-order chi connectivity index (χ0) is 13.4. The van der Waals surface area contributed by atoms with Gasteiger partial charge in [-0.3, -0.25) is 9.78 Å². The molecule has 0 aliphatic rings. The van der Waals surface area contributed by atoms with Gasteiger partial charge in [-0.1, -0.05) is 13.3 Å². The van der Waals surface area contributed by atoms with Crippen LogP contribution >= 0.6 is 0 Å². The number of hydrogen-bond acceptors (Lipinski definition) is 5. The molecule has 1 amide bonds. The maximum Gasteiger partial charge on any atom is 0.271 e. The largest absolute Gasteiger partial charge is 0.383 e. The predicted molar refractivity (Wildman–Crippen MR) is 69.6 cm³/mol. The lowest BCUT2D eigenvalue weighted by Gasteiger charge is -2.16. The fraction of sp³-hybridized carbons (Fsp3) is 0.583. The molecule has 0 aliphatic heterocycles. The van der Waals surface area contributed by atoms with Crippen molar-refractivity contribution in [2.75, 3.05) is 26.1 Å². The van der Waals surface area contributed by atoms with Gasteiger partial charge in [0.25, 0.3) is 5.91 Å². The summed E-state index contributed by atoms with van der Waals surface area (Å²) in [7, 11) is 3.35. The number of aromatic nitrogens is 2. The zero-order valence-corrected chi connectivity index (χ0v) is 11.1. The SMILES string of the molecule is CCCC(COC)NC(=O)c1cncc(NC)n1. The minimum Gasteiger partial charge on any atom is -0.383 e. The Morgan fingerprint density at radius 1 is 1.50 bits per heavy atom. The van der Waals surface area contributed by atoms with Crippen LogP contribution in [0.5, 0.6) is 0 Å². The Kier molecular flexibility index (Phi) is 6.07. The van der Waals surface area contributed by atoms with Crippen molar-refractivity contribution in [2.45, 2.75) is 25.8 Å². The molecule has 6 nitrogen and oxygen atoms in total. The van der Waals surface area contributed by atoms with Crippen LogP contribution in [0.4, 0.5) is 5.82 Å². The van der Waals surface area contributed by atoms with Crippen molar-refractivity contribution in [3.05, 3.63) is 18.1 Å². The first-order valence-electron chi connectivity index (χ1n) is 6.00. The number of rotatable bonds is 7. The van der Waals surface area contributed by atoms with Crippen molar-refractivity contribution < 1.29 is 9.53 Å². The van der Waals surface area contributed by atoms with E-state index in [1.807, 2.05) is 0 Å². The number of nitrogens with zero attached hydrogens (tertiary/aromatic N) is 2. The van der Waals surface area contributed by atoms with E-state index in [1.54, 1.807) is 20.4 Å². The van der Waals surface area contributed by atoms with Crippen molar-refractivity contribution in [1.82, 2.24) is 15.3 Å². The smallest absolute Gasteiger partial charge is 0.271 e. The van der Waals surface area contributed by atoms with Crippen LogP contribution in [0.3, 0.4) is 0 Å². The minimum absolute atomic E-state index is 0.00698. The molecule has 0 saturated heterocycles. The summed E-state index contributed by atoms with van der Waals surface area (Å²) in [6, 6.07) is 0.00698. The zero-order valence-electron chi connectivity index (χ0n) is 11.1. The van der Waals surface area contributed by atoms with Crippen LogP contribution in [0, 0.1) is 0 Å². The van der Waals surface area contributed by atoms with E-state index in [4.69, 9.17) is 4.74 Å². The van der Waals surface area contributed by atoms with E-state index in [9.17, 15) is 4.79 Å². The van der Waals surface area contributed by atoms with Gasteiger partial charge >= 0.3 is 0 Å². The minimum atomic E-state index is -0.227. The number of carbonyl (C=O) groups is 1. The van der Waals surface area contributed by atoms with Gasteiger partial charge < -0.3 is 15.4 Å². The standard InChI is InChI=1S/C12H20N4O2/c1-4-5-9(8-18-3)15-12(17)10-6-14-7-11(13-2)16-10/h6-7,9H,4-5,8H2,1-3H3,(H,13,16)(H,15,17). The molecule has 1 rings (SSSR count). The van der Waals surface area contributed by atoms with Gasteiger partial charge in [-0.15, -0.1) is 0 Å². The molecular weight excluding hydrogens is 232 g/mol. The van der Waals surface area contributed by atoms with E-state index >= 15 is 0 Å². The molecule has 0 fully saturated rings. The van der Waals surface area contributed by atoms with Crippen LogP contribution in [0.25, 0.3) is 0 Å². The van der Waals surface area contributed by atoms with Crippen LogP contribution in [-0.2, 0) is 4.74 Å². The van der Waals surface area contributed by atoms with Crippen LogP contribution in [0.15, 0.2) is 12.4 Å². The number of carbonyl (C=O) groups excluding carboxylic acids is 1. The van der Waals surface area contributed by atoms with Crippen LogP contribution in [-0.4, -0.2) is 42.7 Å². The molecule has 0 saturated carbocycles. The van der Waals surface area contributed by atoms with Crippen molar-refractivity contribution in [3.63, 3.8) is 0 Å². The third kappa shape index (κ3) is 4.29. The van der Waals surface area contributed by atoms with E-state index < -0.39 is 0 Å². The van der Waals surface area contributed by atoms with Gasteiger partial charge in [0.15, 0.2) is 0 Å². The van der Waals surface area contributed by atoms with Crippen molar-refractivity contribution in [1.29, 1.82) is 0 Å². The molecule has 0 aromatic carbocycles. The van der Waals surface area contributed by atoms with Gasteiger partial charge in [-0.2, -0.15) is 0 Å². The molecule has 0 aliphatic carbocycles. The molecule has 0 radical (unpaired) electrons. The number of methoxy groups -OCH3 is 1. The first kappa shape index (κ1) is 14.4. The third-order valence-electron chi connectivity index (χ3n) is 2.46. The molecule has 1 aromatic rings. The number of hydrogen-bond donors (Lipinski definition) is 2. The molecule has 18 heavy (non-hydrogen) atoms. The van der Waals surface area contributed by atoms with Crippen LogP contribution in [0.1, 0.15) is 30.3 Å². The Hall–Kier alpha value is -1.69. The Bertz CT molecular complexity index is 378. The second-order valence-electron chi connectivity index (χ2n) is 3.95. The van der Waals surface area contributed by atoms with Crippen LogP contribution < -0.4 is 10.6 Å². The van der Waals surface area contributed by atoms with Gasteiger partial charge in [0.2, 0.25) is 0 Å². The summed E-state index contributed by atoms with van der Waals surface area (Å²) in [5, 5.41) is 5.74. The number of nitrogens with one attached hydrogen (secondary N) is 2. The van der Waals surface area contributed by atoms with Gasteiger partial charge in [-0.05, 0) is 6.42 Å². The summed E-state index contributed by atoms with van der Waals surface area (Å²) in [6.45, 7) is 2.56. The monoisotopic (exact) mass is 252 g/mol. The molecule has 1 aromatic heterocycles. The second kappa shape index (κ2) is 7.60. The van der Waals surface area contributed by atoms with E-state index in [0.29, 0.717) is 18.1 Å². The van der Waals surface area contributed by atoms with E-state index in [-0.39, 0.29) is 11.9 Å². The fourth-order valence-electron chi connectivity index (χ4n) is 1.60. The molecule has 6 heteroatoms. The average Bonchev–Trinajstić information content (AvgIpc) is 2.39. The van der Waals surface area contributed by atoms with E-state index in [0.717, 1.165) is 12.8 Å². The molecule has 100 valence electrons. The first-order valence-corrected chi connectivity index (χ1v) is 6.00. The first-order chi connectivity index (χ1) is 8.71.